The molecule has 27 heavy (non-hydrogen) atoms. The summed E-state index contributed by atoms with van der Waals surface area (Å²) in [6.45, 7) is 1.34. The van der Waals surface area contributed by atoms with Gasteiger partial charge in [-0.1, -0.05) is 30.3 Å². The van der Waals surface area contributed by atoms with E-state index in [9.17, 15) is 4.39 Å². The molecule has 7 heteroatoms. The standard InChI is InChI=1S/C20H22FN5O/c1-27-18-5-3-2-4-16(18)11-13-23-20-25-19(14-24-26-20)22-12-10-15-6-8-17(21)9-7-15/h2-9,14H,10-13H2,1H3,(H2,22,23,25,26). The zero-order chi connectivity index (χ0) is 18.9. The highest BCUT2D eigenvalue weighted by atomic mass is 19.1. The molecule has 140 valence electrons. The SMILES string of the molecule is COc1ccccc1CCNc1nncc(NCCc2ccc(F)cc2)n1. The van der Waals surface area contributed by atoms with Crippen LogP contribution in [0.4, 0.5) is 16.2 Å². The molecule has 0 saturated heterocycles. The first-order valence-corrected chi connectivity index (χ1v) is 8.78. The van der Waals surface area contributed by atoms with Gasteiger partial charge in [0.25, 0.3) is 0 Å². The number of nitrogens with zero attached hydrogens (tertiary/aromatic N) is 3. The smallest absolute Gasteiger partial charge is 0.244 e. The first-order chi connectivity index (χ1) is 13.2. The lowest BCUT2D eigenvalue weighted by atomic mass is 10.1. The van der Waals surface area contributed by atoms with Crippen molar-refractivity contribution in [3.8, 4) is 5.75 Å². The molecule has 0 fully saturated rings. The summed E-state index contributed by atoms with van der Waals surface area (Å²) in [5.41, 5.74) is 2.18. The van der Waals surface area contributed by atoms with Crippen molar-refractivity contribution in [1.82, 2.24) is 15.2 Å². The van der Waals surface area contributed by atoms with E-state index in [4.69, 9.17) is 4.74 Å². The van der Waals surface area contributed by atoms with Crippen LogP contribution in [0.2, 0.25) is 0 Å². The topological polar surface area (TPSA) is 72.0 Å². The minimum Gasteiger partial charge on any atom is -0.496 e. The van der Waals surface area contributed by atoms with Crippen LogP contribution in [0, 0.1) is 5.82 Å². The third kappa shape index (κ3) is 5.64. The second-order valence-electron chi connectivity index (χ2n) is 5.96. The van der Waals surface area contributed by atoms with Gasteiger partial charge < -0.3 is 15.4 Å². The second kappa shape index (κ2) is 9.47. The Balaban J connectivity index is 1.47. The van der Waals surface area contributed by atoms with Crippen molar-refractivity contribution in [1.29, 1.82) is 0 Å². The number of hydrogen-bond donors (Lipinski definition) is 2. The maximum absolute atomic E-state index is 12.9. The molecule has 0 bridgehead atoms. The number of para-hydroxylation sites is 1. The summed E-state index contributed by atoms with van der Waals surface area (Å²) in [6.07, 6.45) is 3.13. The van der Waals surface area contributed by atoms with Crippen LogP contribution in [0.5, 0.6) is 5.75 Å². The predicted molar refractivity (Wildman–Crippen MR) is 104 cm³/mol. The average Bonchev–Trinajstić information content (AvgIpc) is 2.70. The summed E-state index contributed by atoms with van der Waals surface area (Å²) >= 11 is 0. The molecule has 1 aromatic heterocycles. The Morgan fingerprint density at radius 2 is 1.74 bits per heavy atom. The molecule has 0 spiro atoms. The predicted octanol–water partition coefficient (Wildman–Crippen LogP) is 3.33. The summed E-state index contributed by atoms with van der Waals surface area (Å²) in [5.74, 6) is 1.76. The largest absolute Gasteiger partial charge is 0.496 e. The summed E-state index contributed by atoms with van der Waals surface area (Å²) < 4.78 is 18.3. The maximum atomic E-state index is 12.9. The van der Waals surface area contributed by atoms with Crippen molar-refractivity contribution >= 4 is 11.8 Å². The van der Waals surface area contributed by atoms with Gasteiger partial charge in [-0.2, -0.15) is 10.1 Å². The molecule has 0 aliphatic carbocycles. The fourth-order valence-corrected chi connectivity index (χ4v) is 2.67. The van der Waals surface area contributed by atoms with E-state index in [-0.39, 0.29) is 5.82 Å². The molecule has 0 aliphatic heterocycles. The number of aromatic nitrogens is 3. The van der Waals surface area contributed by atoms with Gasteiger partial charge in [0.15, 0.2) is 5.82 Å². The van der Waals surface area contributed by atoms with Crippen LogP contribution in [0.3, 0.4) is 0 Å². The third-order valence-corrected chi connectivity index (χ3v) is 4.06. The van der Waals surface area contributed by atoms with E-state index in [0.29, 0.717) is 24.9 Å². The minimum absolute atomic E-state index is 0.226. The molecule has 0 saturated carbocycles. The van der Waals surface area contributed by atoms with Crippen molar-refractivity contribution in [3.05, 3.63) is 71.7 Å². The monoisotopic (exact) mass is 367 g/mol. The van der Waals surface area contributed by atoms with Crippen LogP contribution in [-0.4, -0.2) is 35.4 Å². The number of benzene rings is 2. The van der Waals surface area contributed by atoms with Gasteiger partial charge in [-0.15, -0.1) is 5.10 Å². The van der Waals surface area contributed by atoms with Crippen LogP contribution in [0.15, 0.2) is 54.7 Å². The van der Waals surface area contributed by atoms with Crippen molar-refractivity contribution in [2.75, 3.05) is 30.8 Å². The number of anilines is 2. The molecule has 3 rings (SSSR count). The number of ether oxygens (including phenoxy) is 1. The number of nitrogens with one attached hydrogen (secondary N) is 2. The van der Waals surface area contributed by atoms with Gasteiger partial charge in [-0.05, 0) is 42.2 Å². The first kappa shape index (κ1) is 18.6. The summed E-state index contributed by atoms with van der Waals surface area (Å²) in [5, 5.41) is 14.4. The molecule has 2 aromatic carbocycles. The van der Waals surface area contributed by atoms with E-state index in [1.54, 1.807) is 25.4 Å². The Bertz CT molecular complexity index is 857. The molecule has 1 heterocycles. The van der Waals surface area contributed by atoms with E-state index in [1.807, 2.05) is 24.3 Å². The number of halogens is 1. The van der Waals surface area contributed by atoms with Gasteiger partial charge in [0.2, 0.25) is 5.95 Å². The third-order valence-electron chi connectivity index (χ3n) is 4.06. The maximum Gasteiger partial charge on any atom is 0.244 e. The van der Waals surface area contributed by atoms with Gasteiger partial charge in [-0.25, -0.2) is 4.39 Å². The van der Waals surface area contributed by atoms with E-state index in [0.717, 1.165) is 29.7 Å². The Kier molecular flexibility index (Phi) is 6.51. The molecule has 2 N–H and O–H groups in total. The fraction of sp³-hybridized carbons (Fsp3) is 0.250. The Morgan fingerprint density at radius 3 is 2.56 bits per heavy atom. The molecular weight excluding hydrogens is 345 g/mol. The zero-order valence-electron chi connectivity index (χ0n) is 15.2. The van der Waals surface area contributed by atoms with Crippen LogP contribution in [-0.2, 0) is 12.8 Å². The number of methoxy groups -OCH3 is 1. The van der Waals surface area contributed by atoms with Crippen molar-refractivity contribution in [2.45, 2.75) is 12.8 Å². The van der Waals surface area contributed by atoms with E-state index < -0.39 is 0 Å². The summed E-state index contributed by atoms with van der Waals surface area (Å²) in [4.78, 5) is 4.40. The molecule has 0 aliphatic rings. The molecule has 6 nitrogen and oxygen atoms in total. The van der Waals surface area contributed by atoms with Gasteiger partial charge >= 0.3 is 0 Å². The fourth-order valence-electron chi connectivity index (χ4n) is 2.67. The highest BCUT2D eigenvalue weighted by molar-refractivity contribution is 5.38. The quantitative estimate of drug-likeness (QED) is 0.604. The average molecular weight is 367 g/mol. The highest BCUT2D eigenvalue weighted by Crippen LogP contribution is 2.17. The van der Waals surface area contributed by atoms with E-state index in [2.05, 4.69) is 25.8 Å². The molecule has 0 atom stereocenters. The van der Waals surface area contributed by atoms with Crippen LogP contribution in [0.25, 0.3) is 0 Å². The highest BCUT2D eigenvalue weighted by Gasteiger charge is 2.04. The molecule has 0 radical (unpaired) electrons. The normalized spacial score (nSPS) is 10.4. The van der Waals surface area contributed by atoms with Gasteiger partial charge in [0.1, 0.15) is 11.6 Å². The van der Waals surface area contributed by atoms with Crippen LogP contribution >= 0.6 is 0 Å². The molecule has 3 aromatic rings. The van der Waals surface area contributed by atoms with Gasteiger partial charge in [0.05, 0.1) is 13.3 Å². The Labute approximate surface area is 157 Å². The number of hydrogen-bond acceptors (Lipinski definition) is 6. The van der Waals surface area contributed by atoms with Crippen molar-refractivity contribution < 1.29 is 9.13 Å². The summed E-state index contributed by atoms with van der Waals surface area (Å²) in [7, 11) is 1.67. The lowest BCUT2D eigenvalue weighted by Gasteiger charge is -2.10. The molecule has 0 amide bonds. The van der Waals surface area contributed by atoms with Crippen molar-refractivity contribution in [2.24, 2.45) is 0 Å². The van der Waals surface area contributed by atoms with Crippen LogP contribution < -0.4 is 15.4 Å². The first-order valence-electron chi connectivity index (χ1n) is 8.78. The van der Waals surface area contributed by atoms with Gasteiger partial charge in [-0.3, -0.25) is 0 Å². The second-order valence-corrected chi connectivity index (χ2v) is 5.96. The van der Waals surface area contributed by atoms with Crippen LogP contribution in [0.1, 0.15) is 11.1 Å². The number of rotatable bonds is 9. The lowest BCUT2D eigenvalue weighted by molar-refractivity contribution is 0.410. The summed E-state index contributed by atoms with van der Waals surface area (Å²) in [6, 6.07) is 14.4. The Morgan fingerprint density at radius 1 is 0.963 bits per heavy atom. The zero-order valence-corrected chi connectivity index (χ0v) is 15.2. The van der Waals surface area contributed by atoms with E-state index >= 15 is 0 Å². The molecule has 0 unspecified atom stereocenters. The van der Waals surface area contributed by atoms with Gasteiger partial charge in [0, 0.05) is 13.1 Å². The Hall–Kier alpha value is -3.22. The van der Waals surface area contributed by atoms with E-state index in [1.165, 1.54) is 12.1 Å². The molecular formula is C20H22FN5O. The van der Waals surface area contributed by atoms with Crippen molar-refractivity contribution in [3.63, 3.8) is 0 Å². The lowest BCUT2D eigenvalue weighted by Crippen LogP contribution is -2.12. The minimum atomic E-state index is -0.226.